The van der Waals surface area contributed by atoms with Crippen molar-refractivity contribution in [3.63, 3.8) is 0 Å². The summed E-state index contributed by atoms with van der Waals surface area (Å²) in [7, 11) is 0. The zero-order valence-electron chi connectivity index (χ0n) is 13.0. The van der Waals surface area contributed by atoms with Crippen LogP contribution in [0.5, 0.6) is 5.75 Å². The number of ketones is 1. The van der Waals surface area contributed by atoms with Gasteiger partial charge in [-0.2, -0.15) is 5.26 Å². The fourth-order valence-corrected chi connectivity index (χ4v) is 2.26. The molecule has 0 aliphatic heterocycles. The van der Waals surface area contributed by atoms with Crippen LogP contribution < -0.4 is 4.74 Å². The number of Topliss-reactive ketones (excluding diaryl/α,β-unsaturated/α-hetero) is 1. The lowest BCUT2D eigenvalue weighted by molar-refractivity contribution is -0.150. The molecule has 2 rings (SSSR count). The van der Waals surface area contributed by atoms with Gasteiger partial charge in [0.25, 0.3) is 5.78 Å². The van der Waals surface area contributed by atoms with E-state index in [1.807, 2.05) is 54.6 Å². The topological polar surface area (TPSA) is 87.4 Å². The first-order valence-electron chi connectivity index (χ1n) is 7.57. The summed E-state index contributed by atoms with van der Waals surface area (Å²) in [5.41, 5.74) is 2.20. The smallest absolute Gasteiger partial charge is 0.373 e. The summed E-state index contributed by atoms with van der Waals surface area (Å²) in [5.74, 6) is -3.07. The Morgan fingerprint density at radius 2 is 1.67 bits per heavy atom. The minimum absolute atomic E-state index is 0.170. The summed E-state index contributed by atoms with van der Waals surface area (Å²) in [5, 5.41) is 17.4. The van der Waals surface area contributed by atoms with Crippen molar-refractivity contribution in [2.75, 3.05) is 6.61 Å². The van der Waals surface area contributed by atoms with E-state index in [1.54, 1.807) is 6.07 Å². The molecule has 122 valence electrons. The van der Waals surface area contributed by atoms with Crippen molar-refractivity contribution >= 4 is 11.8 Å². The molecule has 2 aromatic carbocycles. The molecule has 0 amide bonds. The number of aliphatic carboxylic acids is 1. The maximum absolute atomic E-state index is 11.2. The SMILES string of the molecule is N#CC(CCCOc1ccc(-c2ccccc2)cc1)C(=O)C(=O)O. The van der Waals surface area contributed by atoms with Crippen molar-refractivity contribution in [2.24, 2.45) is 5.92 Å². The molecule has 0 saturated heterocycles. The van der Waals surface area contributed by atoms with Crippen LogP contribution in [-0.4, -0.2) is 23.5 Å². The van der Waals surface area contributed by atoms with Crippen LogP contribution in [-0.2, 0) is 9.59 Å². The molecule has 1 N–H and O–H groups in total. The van der Waals surface area contributed by atoms with Gasteiger partial charge in [-0.1, -0.05) is 42.5 Å². The summed E-state index contributed by atoms with van der Waals surface area (Å²) in [6.45, 7) is 0.315. The van der Waals surface area contributed by atoms with Gasteiger partial charge in [0, 0.05) is 0 Å². The van der Waals surface area contributed by atoms with Gasteiger partial charge in [-0.3, -0.25) is 4.79 Å². The Labute approximate surface area is 140 Å². The Morgan fingerprint density at radius 1 is 1.04 bits per heavy atom. The van der Waals surface area contributed by atoms with Gasteiger partial charge in [-0.15, -0.1) is 0 Å². The number of hydrogen-bond acceptors (Lipinski definition) is 4. The largest absolute Gasteiger partial charge is 0.494 e. The standard InChI is InChI=1S/C19H17NO4/c20-13-16(18(21)19(22)23)7-4-12-24-17-10-8-15(9-11-17)14-5-2-1-3-6-14/h1-3,5-6,8-11,16H,4,7,12H2,(H,22,23). The van der Waals surface area contributed by atoms with Crippen molar-refractivity contribution in [3.05, 3.63) is 54.6 Å². The molecule has 1 unspecified atom stereocenters. The number of carboxylic acids is 1. The zero-order valence-corrected chi connectivity index (χ0v) is 13.0. The van der Waals surface area contributed by atoms with Gasteiger partial charge in [0.15, 0.2) is 0 Å². The molecule has 5 nitrogen and oxygen atoms in total. The molecule has 0 aromatic heterocycles. The van der Waals surface area contributed by atoms with Gasteiger partial charge < -0.3 is 9.84 Å². The van der Waals surface area contributed by atoms with Gasteiger partial charge in [0.05, 0.1) is 12.7 Å². The lowest BCUT2D eigenvalue weighted by atomic mass is 10.0. The predicted octanol–water partition coefficient (Wildman–Crippen LogP) is 3.31. The van der Waals surface area contributed by atoms with E-state index in [-0.39, 0.29) is 6.42 Å². The van der Waals surface area contributed by atoms with Crippen LogP contribution in [0.1, 0.15) is 12.8 Å². The Kier molecular flexibility index (Phi) is 6.09. The second kappa shape index (κ2) is 8.49. The summed E-state index contributed by atoms with van der Waals surface area (Å²) >= 11 is 0. The summed E-state index contributed by atoms with van der Waals surface area (Å²) in [6.07, 6.45) is 0.599. The number of carboxylic acid groups (broad SMARTS) is 1. The molecular formula is C19H17NO4. The van der Waals surface area contributed by atoms with Crippen LogP contribution in [0.15, 0.2) is 54.6 Å². The Balaban J connectivity index is 1.82. The minimum atomic E-state index is -1.57. The third kappa shape index (κ3) is 4.68. The van der Waals surface area contributed by atoms with Gasteiger partial charge in [0.1, 0.15) is 11.7 Å². The van der Waals surface area contributed by atoms with E-state index < -0.39 is 17.7 Å². The minimum Gasteiger partial charge on any atom is -0.494 e. The van der Waals surface area contributed by atoms with Crippen LogP contribution in [0.25, 0.3) is 11.1 Å². The molecule has 0 aliphatic rings. The summed E-state index contributed by atoms with van der Waals surface area (Å²) in [6, 6.07) is 19.3. The van der Waals surface area contributed by atoms with Crippen molar-refractivity contribution in [3.8, 4) is 22.9 Å². The maximum atomic E-state index is 11.2. The summed E-state index contributed by atoms with van der Waals surface area (Å²) < 4.78 is 5.56. The second-order valence-corrected chi connectivity index (χ2v) is 5.23. The first kappa shape index (κ1) is 17.2. The number of ether oxygens (including phenoxy) is 1. The molecule has 0 saturated carbocycles. The monoisotopic (exact) mass is 323 g/mol. The molecule has 5 heteroatoms. The molecule has 0 aliphatic carbocycles. The number of nitriles is 1. The van der Waals surface area contributed by atoms with E-state index in [9.17, 15) is 9.59 Å². The number of hydrogen-bond donors (Lipinski definition) is 1. The molecule has 0 bridgehead atoms. The summed E-state index contributed by atoms with van der Waals surface area (Å²) in [4.78, 5) is 21.8. The molecule has 24 heavy (non-hydrogen) atoms. The maximum Gasteiger partial charge on any atom is 0.373 e. The highest BCUT2D eigenvalue weighted by atomic mass is 16.5. The fraction of sp³-hybridized carbons (Fsp3) is 0.211. The predicted molar refractivity (Wildman–Crippen MR) is 88.4 cm³/mol. The Hall–Kier alpha value is -3.13. The molecule has 1 atom stereocenters. The van der Waals surface area contributed by atoms with Crippen LogP contribution in [0.3, 0.4) is 0 Å². The van der Waals surface area contributed by atoms with Crippen molar-refractivity contribution in [2.45, 2.75) is 12.8 Å². The fourth-order valence-electron chi connectivity index (χ4n) is 2.26. The quantitative estimate of drug-likeness (QED) is 0.595. The lowest BCUT2D eigenvalue weighted by Crippen LogP contribution is -2.22. The highest BCUT2D eigenvalue weighted by Gasteiger charge is 2.23. The third-order valence-corrected chi connectivity index (χ3v) is 3.55. The van der Waals surface area contributed by atoms with Gasteiger partial charge in [-0.05, 0) is 36.1 Å². The highest BCUT2D eigenvalue weighted by molar-refractivity contribution is 6.34. The van der Waals surface area contributed by atoms with Crippen LogP contribution in [0.4, 0.5) is 0 Å². The van der Waals surface area contributed by atoms with Gasteiger partial charge >= 0.3 is 5.97 Å². The van der Waals surface area contributed by atoms with E-state index in [2.05, 4.69) is 0 Å². The lowest BCUT2D eigenvalue weighted by Gasteiger charge is -2.08. The van der Waals surface area contributed by atoms with Crippen LogP contribution >= 0.6 is 0 Å². The molecule has 0 radical (unpaired) electrons. The van der Waals surface area contributed by atoms with Crippen LogP contribution in [0.2, 0.25) is 0 Å². The van der Waals surface area contributed by atoms with Crippen LogP contribution in [0, 0.1) is 17.2 Å². The number of benzene rings is 2. The first-order chi connectivity index (χ1) is 11.6. The Morgan fingerprint density at radius 3 is 2.25 bits per heavy atom. The zero-order chi connectivity index (χ0) is 17.4. The van der Waals surface area contributed by atoms with Gasteiger partial charge in [-0.25, -0.2) is 4.79 Å². The average Bonchev–Trinajstić information content (AvgIpc) is 2.62. The first-order valence-corrected chi connectivity index (χ1v) is 7.57. The van der Waals surface area contributed by atoms with E-state index in [0.717, 1.165) is 11.1 Å². The molecule has 0 heterocycles. The Bertz CT molecular complexity index is 732. The van der Waals surface area contributed by atoms with Crippen molar-refractivity contribution in [1.82, 2.24) is 0 Å². The highest BCUT2D eigenvalue weighted by Crippen LogP contribution is 2.22. The second-order valence-electron chi connectivity index (χ2n) is 5.23. The van der Waals surface area contributed by atoms with E-state index >= 15 is 0 Å². The average molecular weight is 323 g/mol. The number of carbonyl (C=O) groups excluding carboxylic acids is 1. The van der Waals surface area contributed by atoms with Crippen molar-refractivity contribution in [1.29, 1.82) is 5.26 Å². The number of carbonyl (C=O) groups is 2. The third-order valence-electron chi connectivity index (χ3n) is 3.55. The number of rotatable bonds is 8. The molecule has 0 fully saturated rings. The van der Waals surface area contributed by atoms with Gasteiger partial charge in [0.2, 0.25) is 0 Å². The van der Waals surface area contributed by atoms with E-state index in [4.69, 9.17) is 15.1 Å². The molecule has 2 aromatic rings. The van der Waals surface area contributed by atoms with Crippen molar-refractivity contribution < 1.29 is 19.4 Å². The molecular weight excluding hydrogens is 306 g/mol. The number of nitrogens with zero attached hydrogens (tertiary/aromatic N) is 1. The van der Waals surface area contributed by atoms with E-state index in [1.165, 1.54) is 0 Å². The molecule has 0 spiro atoms. The normalized spacial score (nSPS) is 11.3. The van der Waals surface area contributed by atoms with E-state index in [0.29, 0.717) is 18.8 Å².